The van der Waals surface area contributed by atoms with Gasteiger partial charge in [-0.1, -0.05) is 11.6 Å². The van der Waals surface area contributed by atoms with Gasteiger partial charge in [-0.05, 0) is 18.2 Å². The van der Waals surface area contributed by atoms with E-state index in [9.17, 15) is 4.79 Å². The van der Waals surface area contributed by atoms with E-state index in [4.69, 9.17) is 20.8 Å². The van der Waals surface area contributed by atoms with E-state index in [-0.39, 0.29) is 5.76 Å². The summed E-state index contributed by atoms with van der Waals surface area (Å²) in [6, 6.07) is 6.98. The Morgan fingerprint density at radius 3 is 2.85 bits per heavy atom. The van der Waals surface area contributed by atoms with Crippen LogP contribution in [0.2, 0.25) is 5.02 Å². The van der Waals surface area contributed by atoms with Gasteiger partial charge in [-0.15, -0.1) is 0 Å². The molecule has 5 nitrogen and oxygen atoms in total. The highest BCUT2D eigenvalue weighted by atomic mass is 35.5. The molecular weight excluding hydrogens is 282 g/mol. The van der Waals surface area contributed by atoms with Crippen LogP contribution < -0.4 is 10.1 Å². The predicted octanol–water partition coefficient (Wildman–Crippen LogP) is 3.34. The molecule has 1 heterocycles. The van der Waals surface area contributed by atoms with Crippen molar-refractivity contribution < 1.29 is 18.7 Å². The first-order chi connectivity index (χ1) is 9.65. The van der Waals surface area contributed by atoms with Gasteiger partial charge in [-0.2, -0.15) is 0 Å². The standard InChI is InChI=1S/C14H14ClNO4/c1-18-10-3-4-11(15)12(7-10)16-8-9-5-6-20-13(9)14(17)19-2/h3-7,16H,8H2,1-2H3. The summed E-state index contributed by atoms with van der Waals surface area (Å²) in [5, 5.41) is 3.69. The maximum Gasteiger partial charge on any atom is 0.374 e. The summed E-state index contributed by atoms with van der Waals surface area (Å²) < 4.78 is 14.9. The van der Waals surface area contributed by atoms with Crippen molar-refractivity contribution in [2.45, 2.75) is 6.54 Å². The van der Waals surface area contributed by atoms with Crippen LogP contribution in [0.15, 0.2) is 34.9 Å². The summed E-state index contributed by atoms with van der Waals surface area (Å²) in [6.07, 6.45) is 1.44. The first-order valence-electron chi connectivity index (χ1n) is 5.87. The van der Waals surface area contributed by atoms with Gasteiger partial charge in [-0.3, -0.25) is 0 Å². The molecule has 0 aliphatic carbocycles. The average molecular weight is 296 g/mol. The quantitative estimate of drug-likeness (QED) is 0.857. The average Bonchev–Trinajstić information content (AvgIpc) is 2.94. The van der Waals surface area contributed by atoms with Gasteiger partial charge in [0.15, 0.2) is 0 Å². The third-order valence-corrected chi connectivity index (χ3v) is 3.09. The lowest BCUT2D eigenvalue weighted by Crippen LogP contribution is -2.07. The molecule has 0 amide bonds. The molecule has 1 aromatic carbocycles. The highest BCUT2D eigenvalue weighted by Gasteiger charge is 2.15. The summed E-state index contributed by atoms with van der Waals surface area (Å²) in [7, 11) is 2.89. The predicted molar refractivity (Wildman–Crippen MR) is 75.4 cm³/mol. The number of esters is 1. The van der Waals surface area contributed by atoms with Gasteiger partial charge >= 0.3 is 5.97 Å². The number of hydrogen-bond acceptors (Lipinski definition) is 5. The zero-order valence-corrected chi connectivity index (χ0v) is 11.9. The Balaban J connectivity index is 2.13. The Bertz CT molecular complexity index is 609. The summed E-state index contributed by atoms with van der Waals surface area (Å²) >= 11 is 6.09. The summed E-state index contributed by atoms with van der Waals surface area (Å²) in [6.45, 7) is 0.383. The van der Waals surface area contributed by atoms with Gasteiger partial charge in [0.1, 0.15) is 5.75 Å². The molecule has 6 heteroatoms. The fourth-order valence-corrected chi connectivity index (χ4v) is 1.89. The molecule has 2 rings (SSSR count). The third kappa shape index (κ3) is 3.05. The van der Waals surface area contributed by atoms with Crippen molar-refractivity contribution in [1.82, 2.24) is 0 Å². The summed E-state index contributed by atoms with van der Waals surface area (Å²) in [4.78, 5) is 11.5. The van der Waals surface area contributed by atoms with Gasteiger partial charge in [0, 0.05) is 18.2 Å². The summed E-state index contributed by atoms with van der Waals surface area (Å²) in [5.41, 5.74) is 1.40. The maximum absolute atomic E-state index is 11.5. The van der Waals surface area contributed by atoms with Gasteiger partial charge in [0.05, 0.1) is 31.2 Å². The molecule has 2 aromatic rings. The molecule has 0 aliphatic rings. The molecule has 0 radical (unpaired) electrons. The lowest BCUT2D eigenvalue weighted by atomic mass is 10.2. The Morgan fingerprint density at radius 2 is 2.15 bits per heavy atom. The van der Waals surface area contributed by atoms with Crippen molar-refractivity contribution >= 4 is 23.3 Å². The summed E-state index contributed by atoms with van der Waals surface area (Å²) in [5.74, 6) is 0.361. The van der Waals surface area contributed by atoms with Crippen LogP contribution in [0.4, 0.5) is 5.69 Å². The van der Waals surface area contributed by atoms with E-state index in [0.717, 1.165) is 0 Å². The van der Waals surface area contributed by atoms with E-state index in [1.807, 2.05) is 0 Å². The molecule has 20 heavy (non-hydrogen) atoms. The topological polar surface area (TPSA) is 60.7 Å². The number of halogens is 1. The van der Waals surface area contributed by atoms with Crippen molar-refractivity contribution in [3.63, 3.8) is 0 Å². The monoisotopic (exact) mass is 295 g/mol. The Labute approximate surface area is 121 Å². The Kier molecular flexibility index (Phi) is 4.53. The molecule has 1 aromatic heterocycles. The zero-order chi connectivity index (χ0) is 14.5. The smallest absolute Gasteiger partial charge is 0.374 e. The number of rotatable bonds is 5. The van der Waals surface area contributed by atoms with Crippen molar-refractivity contribution in [2.24, 2.45) is 0 Å². The van der Waals surface area contributed by atoms with Crippen LogP contribution in [0, 0.1) is 0 Å². The minimum Gasteiger partial charge on any atom is -0.497 e. The SMILES string of the molecule is COC(=O)c1occc1CNc1cc(OC)ccc1Cl. The molecular formula is C14H14ClNO4. The Hall–Kier alpha value is -2.14. The number of ether oxygens (including phenoxy) is 2. The van der Waals surface area contributed by atoms with Crippen molar-refractivity contribution in [3.8, 4) is 5.75 Å². The number of nitrogens with one attached hydrogen (secondary N) is 1. The molecule has 0 saturated carbocycles. The normalized spacial score (nSPS) is 10.2. The second kappa shape index (κ2) is 6.34. The molecule has 106 valence electrons. The number of benzene rings is 1. The van der Waals surface area contributed by atoms with Crippen LogP contribution in [-0.4, -0.2) is 20.2 Å². The first-order valence-corrected chi connectivity index (χ1v) is 6.25. The van der Waals surface area contributed by atoms with E-state index in [1.54, 1.807) is 31.4 Å². The molecule has 0 atom stereocenters. The number of methoxy groups -OCH3 is 2. The van der Waals surface area contributed by atoms with Gasteiger partial charge < -0.3 is 19.2 Å². The number of hydrogen-bond donors (Lipinski definition) is 1. The minimum absolute atomic E-state index is 0.180. The van der Waals surface area contributed by atoms with Crippen LogP contribution in [0.3, 0.4) is 0 Å². The lowest BCUT2D eigenvalue weighted by Gasteiger charge is -2.09. The number of carbonyl (C=O) groups is 1. The molecule has 0 fully saturated rings. The zero-order valence-electron chi connectivity index (χ0n) is 11.1. The van der Waals surface area contributed by atoms with Crippen molar-refractivity contribution in [2.75, 3.05) is 19.5 Å². The fourth-order valence-electron chi connectivity index (χ4n) is 1.70. The number of furan rings is 1. The number of anilines is 1. The van der Waals surface area contributed by atoms with Crippen LogP contribution in [-0.2, 0) is 11.3 Å². The highest BCUT2D eigenvalue weighted by molar-refractivity contribution is 6.33. The van der Waals surface area contributed by atoms with Gasteiger partial charge in [0.2, 0.25) is 5.76 Å². The van der Waals surface area contributed by atoms with Crippen LogP contribution in [0.1, 0.15) is 16.1 Å². The van der Waals surface area contributed by atoms with E-state index in [2.05, 4.69) is 10.1 Å². The molecule has 0 aliphatic heterocycles. The molecule has 1 N–H and O–H groups in total. The van der Waals surface area contributed by atoms with E-state index >= 15 is 0 Å². The van der Waals surface area contributed by atoms with Crippen LogP contribution in [0.25, 0.3) is 0 Å². The van der Waals surface area contributed by atoms with Crippen molar-refractivity contribution in [1.29, 1.82) is 0 Å². The molecule has 0 saturated heterocycles. The molecule has 0 bridgehead atoms. The minimum atomic E-state index is -0.511. The van der Waals surface area contributed by atoms with Gasteiger partial charge in [0.25, 0.3) is 0 Å². The van der Waals surface area contributed by atoms with Crippen LogP contribution >= 0.6 is 11.6 Å². The van der Waals surface area contributed by atoms with E-state index in [0.29, 0.717) is 28.6 Å². The fraction of sp³-hybridized carbons (Fsp3) is 0.214. The largest absolute Gasteiger partial charge is 0.497 e. The van der Waals surface area contributed by atoms with Crippen LogP contribution in [0.5, 0.6) is 5.75 Å². The molecule has 0 spiro atoms. The van der Waals surface area contributed by atoms with Crippen molar-refractivity contribution in [3.05, 3.63) is 46.9 Å². The second-order valence-electron chi connectivity index (χ2n) is 3.97. The number of carbonyl (C=O) groups excluding carboxylic acids is 1. The first kappa shape index (κ1) is 14.3. The lowest BCUT2D eigenvalue weighted by molar-refractivity contribution is 0.0563. The van der Waals surface area contributed by atoms with E-state index in [1.165, 1.54) is 13.4 Å². The maximum atomic E-state index is 11.5. The molecule has 0 unspecified atom stereocenters. The van der Waals surface area contributed by atoms with Gasteiger partial charge in [-0.25, -0.2) is 4.79 Å². The highest BCUT2D eigenvalue weighted by Crippen LogP contribution is 2.27. The van der Waals surface area contributed by atoms with E-state index < -0.39 is 5.97 Å². The second-order valence-corrected chi connectivity index (χ2v) is 4.37. The Morgan fingerprint density at radius 1 is 1.35 bits per heavy atom. The third-order valence-electron chi connectivity index (χ3n) is 2.76.